The molecule has 0 radical (unpaired) electrons. The van der Waals surface area contributed by atoms with Crippen molar-refractivity contribution in [2.45, 2.75) is 143 Å². The molecule has 6 atom stereocenters. The van der Waals surface area contributed by atoms with Crippen molar-refractivity contribution in [2.75, 3.05) is 6.61 Å². The number of carbonyl (C=O) groups is 2. The Morgan fingerprint density at radius 3 is 2.45 bits per heavy atom. The first-order valence-corrected chi connectivity index (χ1v) is 15.7. The first kappa shape index (κ1) is 32.6. The normalized spacial score (nSPS) is 31.7. The van der Waals surface area contributed by atoms with Crippen molar-refractivity contribution < 1.29 is 28.9 Å². The van der Waals surface area contributed by atoms with Gasteiger partial charge in [-0.1, -0.05) is 45.1 Å². The summed E-state index contributed by atoms with van der Waals surface area (Å²) in [5, 5.41) is 10.1. The summed E-state index contributed by atoms with van der Waals surface area (Å²) in [7, 11) is 0. The quantitative estimate of drug-likeness (QED) is 0.251. The smallest absolute Gasteiger partial charge is 0.306 e. The average molecular weight is 559 g/mol. The van der Waals surface area contributed by atoms with Gasteiger partial charge in [-0.25, -0.2) is 0 Å². The van der Waals surface area contributed by atoms with Gasteiger partial charge in [-0.3, -0.25) is 9.59 Å². The van der Waals surface area contributed by atoms with Crippen LogP contribution in [0.2, 0.25) is 0 Å². The predicted octanol–water partition coefficient (Wildman–Crippen LogP) is 7.40. The van der Waals surface area contributed by atoms with Crippen LogP contribution in [0.15, 0.2) is 35.5 Å². The average Bonchev–Trinajstić information content (AvgIpc) is 3.22. The Hall–Kier alpha value is -1.92. The van der Waals surface area contributed by atoms with Crippen LogP contribution in [0.5, 0.6) is 0 Å². The minimum absolute atomic E-state index is 0.158. The molecule has 0 bridgehead atoms. The van der Waals surface area contributed by atoms with Crippen molar-refractivity contribution in [3.05, 3.63) is 35.5 Å². The largest absolute Gasteiger partial charge is 0.462 e. The van der Waals surface area contributed by atoms with Crippen molar-refractivity contribution in [1.29, 1.82) is 0 Å². The molecular weight excluding hydrogens is 504 g/mol. The van der Waals surface area contributed by atoms with Gasteiger partial charge in [-0.15, -0.1) is 0 Å². The van der Waals surface area contributed by atoms with Crippen LogP contribution in [0, 0.1) is 17.3 Å². The number of esters is 2. The fraction of sp³-hybridized carbons (Fsp3) is 0.765. The van der Waals surface area contributed by atoms with Gasteiger partial charge in [-0.05, 0) is 101 Å². The highest BCUT2D eigenvalue weighted by Crippen LogP contribution is 2.58. The highest BCUT2D eigenvalue weighted by atomic mass is 16.6. The van der Waals surface area contributed by atoms with Crippen LogP contribution in [0.1, 0.15) is 119 Å². The van der Waals surface area contributed by atoms with Crippen molar-refractivity contribution in [2.24, 2.45) is 17.3 Å². The molecule has 3 saturated carbocycles. The number of fused-ring (bicyclic) bond motifs is 1. The molecule has 0 saturated heterocycles. The summed E-state index contributed by atoms with van der Waals surface area (Å²) in [6, 6.07) is 0. The fourth-order valence-electron chi connectivity index (χ4n) is 7.17. The molecule has 0 unspecified atom stereocenters. The number of rotatable bonds is 12. The van der Waals surface area contributed by atoms with E-state index < -0.39 is 11.7 Å². The lowest BCUT2D eigenvalue weighted by Gasteiger charge is -2.44. The molecule has 0 heterocycles. The molecule has 0 aromatic carbocycles. The summed E-state index contributed by atoms with van der Waals surface area (Å²) in [5.41, 5.74) is 2.79. The van der Waals surface area contributed by atoms with Crippen LogP contribution >= 0.6 is 0 Å². The third-order valence-corrected chi connectivity index (χ3v) is 9.40. The number of carbonyl (C=O) groups excluding carboxylic acids is 2. The van der Waals surface area contributed by atoms with E-state index in [-0.39, 0.29) is 29.6 Å². The Morgan fingerprint density at radius 2 is 1.80 bits per heavy atom. The van der Waals surface area contributed by atoms with Gasteiger partial charge in [0, 0.05) is 32.3 Å². The van der Waals surface area contributed by atoms with Gasteiger partial charge in [0.05, 0.1) is 11.7 Å². The number of hydrogen-bond acceptors (Lipinski definition) is 6. The molecular formula is C34H54O6. The molecule has 226 valence electrons. The molecule has 6 heteroatoms. The zero-order valence-corrected chi connectivity index (χ0v) is 25.9. The third-order valence-electron chi connectivity index (χ3n) is 9.40. The van der Waals surface area contributed by atoms with Crippen LogP contribution < -0.4 is 0 Å². The van der Waals surface area contributed by atoms with Gasteiger partial charge in [0.15, 0.2) is 0 Å². The van der Waals surface area contributed by atoms with Crippen molar-refractivity contribution in [3.8, 4) is 0 Å². The molecule has 3 aliphatic carbocycles. The van der Waals surface area contributed by atoms with Crippen molar-refractivity contribution in [3.63, 3.8) is 0 Å². The molecule has 0 aliphatic heterocycles. The third kappa shape index (κ3) is 8.55. The van der Waals surface area contributed by atoms with Gasteiger partial charge in [0.25, 0.3) is 0 Å². The molecule has 0 spiro atoms. The summed E-state index contributed by atoms with van der Waals surface area (Å²) in [5.74, 6) is 0.572. The highest BCUT2D eigenvalue weighted by Gasteiger charge is 2.51. The minimum atomic E-state index is -0.708. The molecule has 3 fully saturated rings. The van der Waals surface area contributed by atoms with Crippen molar-refractivity contribution in [1.82, 2.24) is 0 Å². The Labute approximate surface area is 242 Å². The summed E-state index contributed by atoms with van der Waals surface area (Å²) in [6.07, 6.45) is 13.5. The maximum Gasteiger partial charge on any atom is 0.306 e. The van der Waals surface area contributed by atoms with Gasteiger partial charge in [-0.2, -0.15) is 0 Å². The number of ether oxygens (including phenoxy) is 3. The molecule has 1 N–H and O–H groups in total. The van der Waals surface area contributed by atoms with Crippen LogP contribution in [0.4, 0.5) is 0 Å². The van der Waals surface area contributed by atoms with E-state index in [0.717, 1.165) is 49.7 Å². The zero-order valence-electron chi connectivity index (χ0n) is 25.9. The fourth-order valence-corrected chi connectivity index (χ4v) is 7.17. The van der Waals surface area contributed by atoms with Gasteiger partial charge in [0.2, 0.25) is 0 Å². The van der Waals surface area contributed by atoms with Crippen molar-refractivity contribution >= 4 is 11.9 Å². The lowest BCUT2D eigenvalue weighted by molar-refractivity contribution is -0.154. The Kier molecular flexibility index (Phi) is 11.7. The first-order valence-electron chi connectivity index (χ1n) is 15.7. The van der Waals surface area contributed by atoms with E-state index in [0.29, 0.717) is 50.5 Å². The second kappa shape index (κ2) is 14.3. The van der Waals surface area contributed by atoms with E-state index in [1.165, 1.54) is 12.0 Å². The number of hydrogen-bond donors (Lipinski definition) is 1. The minimum Gasteiger partial charge on any atom is -0.462 e. The van der Waals surface area contributed by atoms with Gasteiger partial charge >= 0.3 is 11.9 Å². The maximum absolute atomic E-state index is 12.3. The molecule has 0 aromatic rings. The first-order chi connectivity index (χ1) is 18.9. The standard InChI is InChI=1S/C34H54O6/c1-8-11-31(35)39-27-21-26(23(3)30(22-27)40-32(36)12-9-2)15-14-25-13-10-18-34(7)28(16-17-29(25)34)24(4)38-20-19-33(5,6)37/h14-15,24,27-30,37H,3,8-13,16-22H2,1-2,4-7H3/t24-,27+,28+,29-,30-,34+/m0/s1. The Balaban J connectivity index is 1.76. The highest BCUT2D eigenvalue weighted by molar-refractivity contribution is 5.70. The van der Waals surface area contributed by atoms with E-state index in [2.05, 4.69) is 32.6 Å². The molecule has 0 aromatic heterocycles. The monoisotopic (exact) mass is 558 g/mol. The van der Waals surface area contributed by atoms with E-state index >= 15 is 0 Å². The summed E-state index contributed by atoms with van der Waals surface area (Å²) >= 11 is 0. The van der Waals surface area contributed by atoms with E-state index in [4.69, 9.17) is 14.2 Å². The SMILES string of the molecule is C=C1C(=CC=C2CCC[C@]3(C)[C@@H]([C@H](C)OCCC(C)(C)O)CC[C@@H]23)C[C@@H](OC(=O)CCC)C[C@@H]1OC(=O)CCC. The van der Waals surface area contributed by atoms with E-state index in [1.807, 2.05) is 27.7 Å². The maximum atomic E-state index is 12.3. The van der Waals surface area contributed by atoms with Gasteiger partial charge < -0.3 is 19.3 Å². The number of allylic oxidation sites excluding steroid dienone is 3. The van der Waals surface area contributed by atoms with Crippen LogP contribution in [0.3, 0.4) is 0 Å². The van der Waals surface area contributed by atoms with E-state index in [1.54, 1.807) is 0 Å². The summed E-state index contributed by atoms with van der Waals surface area (Å²) in [6.45, 7) is 17.1. The van der Waals surface area contributed by atoms with Crippen LogP contribution in [-0.2, 0) is 23.8 Å². The second-order valence-corrected chi connectivity index (χ2v) is 13.2. The Bertz CT molecular complexity index is 956. The lowest BCUT2D eigenvalue weighted by atomic mass is 9.62. The zero-order chi connectivity index (χ0) is 29.5. The predicted molar refractivity (Wildman–Crippen MR) is 159 cm³/mol. The topological polar surface area (TPSA) is 82.1 Å². The summed E-state index contributed by atoms with van der Waals surface area (Å²) in [4.78, 5) is 24.6. The van der Waals surface area contributed by atoms with Crippen LogP contribution in [-0.4, -0.2) is 47.6 Å². The molecule has 40 heavy (non-hydrogen) atoms. The molecule has 6 nitrogen and oxygen atoms in total. The van der Waals surface area contributed by atoms with Gasteiger partial charge in [0.1, 0.15) is 12.2 Å². The van der Waals surface area contributed by atoms with E-state index in [9.17, 15) is 14.7 Å². The number of aliphatic hydroxyl groups is 1. The summed E-state index contributed by atoms with van der Waals surface area (Å²) < 4.78 is 17.8. The Morgan fingerprint density at radius 1 is 1.12 bits per heavy atom. The molecule has 3 rings (SSSR count). The molecule has 3 aliphatic rings. The molecule has 0 amide bonds. The van der Waals surface area contributed by atoms with Crippen LogP contribution in [0.25, 0.3) is 0 Å². The second-order valence-electron chi connectivity index (χ2n) is 13.2. The lowest BCUT2D eigenvalue weighted by Crippen LogP contribution is -2.39.